The van der Waals surface area contributed by atoms with Gasteiger partial charge in [0.15, 0.2) is 0 Å². The third-order valence-electron chi connectivity index (χ3n) is 7.35. The number of likely N-dealkylation sites (tertiary alicyclic amines) is 1. The molecule has 4 rings (SSSR count). The predicted octanol–water partition coefficient (Wildman–Crippen LogP) is 4.03. The van der Waals surface area contributed by atoms with Crippen LogP contribution in [0.1, 0.15) is 49.7 Å². The number of amides is 1. The second kappa shape index (κ2) is 10.6. The van der Waals surface area contributed by atoms with Gasteiger partial charge in [0.25, 0.3) is 0 Å². The van der Waals surface area contributed by atoms with E-state index < -0.39 is 0 Å². The van der Waals surface area contributed by atoms with Crippen molar-refractivity contribution in [2.24, 2.45) is 17.8 Å². The van der Waals surface area contributed by atoms with Gasteiger partial charge in [-0.15, -0.1) is 0 Å². The van der Waals surface area contributed by atoms with Crippen LogP contribution in [0.3, 0.4) is 0 Å². The normalized spacial score (nSPS) is 27.8. The van der Waals surface area contributed by atoms with Crippen molar-refractivity contribution in [1.29, 1.82) is 0 Å². The van der Waals surface area contributed by atoms with E-state index in [0.717, 1.165) is 64.6 Å². The first-order valence-corrected chi connectivity index (χ1v) is 12.2. The van der Waals surface area contributed by atoms with Crippen molar-refractivity contribution < 1.29 is 9.90 Å². The molecular weight excluding hydrogens is 384 g/mol. The second-order valence-electron chi connectivity index (χ2n) is 9.71. The molecule has 1 heterocycles. The first kappa shape index (κ1) is 22.3. The maximum absolute atomic E-state index is 12.1. The fourth-order valence-electron chi connectivity index (χ4n) is 5.68. The third-order valence-corrected chi connectivity index (χ3v) is 7.35. The highest BCUT2D eigenvalue weighted by Gasteiger charge is 2.43. The van der Waals surface area contributed by atoms with Crippen molar-refractivity contribution in [2.45, 2.75) is 58.0 Å². The van der Waals surface area contributed by atoms with Gasteiger partial charge in [0.2, 0.25) is 5.91 Å². The van der Waals surface area contributed by atoms with E-state index in [4.69, 9.17) is 0 Å². The predicted molar refractivity (Wildman–Crippen MR) is 126 cm³/mol. The molecule has 0 bridgehead atoms. The molecule has 4 heteroatoms. The minimum atomic E-state index is -0.209. The minimum absolute atomic E-state index is 0.209. The standard InChI is InChI=1S/C27H38N2O2/c1-20-7-6-9-21(15-20)8-2-3-10-24-25-17-22(16-23(25)18-26(24)30)11-12-28-19-27(31)29-13-4-5-14-29/h3,6-7,9-10,15-16,23-26,28,30H,2,4-5,8,11-14,17-19H2,1H3/t23-,24+,25-,26+/m0/s1. The Labute approximate surface area is 187 Å². The number of aryl methyl sites for hydroxylation is 2. The molecule has 31 heavy (non-hydrogen) atoms. The average Bonchev–Trinajstić information content (AvgIpc) is 3.46. The molecule has 0 aromatic heterocycles. The Balaban J connectivity index is 1.18. The van der Waals surface area contributed by atoms with Crippen LogP contribution >= 0.6 is 0 Å². The molecule has 2 fully saturated rings. The first-order valence-electron chi connectivity index (χ1n) is 12.2. The summed E-state index contributed by atoms with van der Waals surface area (Å²) in [6, 6.07) is 8.72. The molecule has 0 unspecified atom stereocenters. The number of hydrogen-bond acceptors (Lipinski definition) is 3. The van der Waals surface area contributed by atoms with Crippen LogP contribution in [0, 0.1) is 24.7 Å². The van der Waals surface area contributed by atoms with Crippen LogP contribution in [0.4, 0.5) is 0 Å². The van der Waals surface area contributed by atoms with E-state index >= 15 is 0 Å². The number of carbonyl (C=O) groups excluding carboxylic acids is 1. The number of aliphatic hydroxyl groups excluding tert-OH is 1. The van der Waals surface area contributed by atoms with Crippen LogP contribution in [0.5, 0.6) is 0 Å². The number of carbonyl (C=O) groups is 1. The molecule has 1 saturated heterocycles. The average molecular weight is 423 g/mol. The van der Waals surface area contributed by atoms with Gasteiger partial charge in [-0.3, -0.25) is 4.79 Å². The molecule has 168 valence electrons. The number of fused-ring (bicyclic) bond motifs is 1. The summed E-state index contributed by atoms with van der Waals surface area (Å²) in [7, 11) is 0. The number of rotatable bonds is 9. The molecule has 4 nitrogen and oxygen atoms in total. The van der Waals surface area contributed by atoms with Crippen molar-refractivity contribution in [2.75, 3.05) is 26.2 Å². The number of benzene rings is 1. The summed E-state index contributed by atoms with van der Waals surface area (Å²) < 4.78 is 0. The Morgan fingerprint density at radius 2 is 2.10 bits per heavy atom. The molecule has 1 aromatic rings. The van der Waals surface area contributed by atoms with Crippen molar-refractivity contribution >= 4 is 5.91 Å². The molecule has 1 aliphatic heterocycles. The Hall–Kier alpha value is -1.91. The Bertz CT molecular complexity index is 809. The molecule has 2 N–H and O–H groups in total. The van der Waals surface area contributed by atoms with E-state index in [1.165, 1.54) is 16.7 Å². The van der Waals surface area contributed by atoms with Gasteiger partial charge in [0, 0.05) is 19.0 Å². The van der Waals surface area contributed by atoms with Gasteiger partial charge in [-0.1, -0.05) is 53.6 Å². The lowest BCUT2D eigenvalue weighted by Crippen LogP contribution is -2.36. The highest BCUT2D eigenvalue weighted by molar-refractivity contribution is 5.78. The van der Waals surface area contributed by atoms with Gasteiger partial charge in [-0.05, 0) is 75.8 Å². The van der Waals surface area contributed by atoms with Crippen LogP contribution < -0.4 is 5.32 Å². The van der Waals surface area contributed by atoms with E-state index in [0.29, 0.717) is 18.4 Å². The monoisotopic (exact) mass is 422 g/mol. The summed E-state index contributed by atoms with van der Waals surface area (Å²) in [5.74, 6) is 1.59. The second-order valence-corrected chi connectivity index (χ2v) is 9.71. The number of nitrogens with zero attached hydrogens (tertiary/aromatic N) is 1. The largest absolute Gasteiger partial charge is 0.392 e. The zero-order valence-electron chi connectivity index (χ0n) is 18.9. The van der Waals surface area contributed by atoms with E-state index in [1.807, 2.05) is 4.90 Å². The SMILES string of the molecule is Cc1cccc(CCC=C[C@@H]2[C@H]3CC(CCNCC(=O)N4CCCC4)=C[C@H]3C[C@H]2O)c1. The van der Waals surface area contributed by atoms with Gasteiger partial charge >= 0.3 is 0 Å². The summed E-state index contributed by atoms with van der Waals surface area (Å²) in [6.07, 6.45) is 14.1. The molecule has 2 aliphatic carbocycles. The van der Waals surface area contributed by atoms with Crippen molar-refractivity contribution in [1.82, 2.24) is 10.2 Å². The lowest BCUT2D eigenvalue weighted by Gasteiger charge is -2.18. The highest BCUT2D eigenvalue weighted by Crippen LogP contribution is 2.47. The van der Waals surface area contributed by atoms with Crippen molar-refractivity contribution in [3.8, 4) is 0 Å². The van der Waals surface area contributed by atoms with Gasteiger partial charge in [-0.25, -0.2) is 0 Å². The quantitative estimate of drug-likeness (QED) is 0.467. The number of hydrogen-bond donors (Lipinski definition) is 2. The van der Waals surface area contributed by atoms with E-state index in [9.17, 15) is 9.90 Å². The lowest BCUT2D eigenvalue weighted by atomic mass is 9.89. The summed E-state index contributed by atoms with van der Waals surface area (Å²) in [5, 5.41) is 13.9. The fraction of sp³-hybridized carbons (Fsp3) is 0.593. The smallest absolute Gasteiger partial charge is 0.236 e. The van der Waals surface area contributed by atoms with Gasteiger partial charge < -0.3 is 15.3 Å². The lowest BCUT2D eigenvalue weighted by molar-refractivity contribution is -0.129. The summed E-state index contributed by atoms with van der Waals surface area (Å²) >= 11 is 0. The number of allylic oxidation sites excluding steroid dienone is 2. The maximum Gasteiger partial charge on any atom is 0.236 e. The molecular formula is C27H38N2O2. The van der Waals surface area contributed by atoms with E-state index in [1.54, 1.807) is 0 Å². The molecule has 0 radical (unpaired) electrons. The third kappa shape index (κ3) is 5.87. The Morgan fingerprint density at radius 3 is 2.90 bits per heavy atom. The summed E-state index contributed by atoms with van der Waals surface area (Å²) in [5.41, 5.74) is 4.20. The molecule has 0 spiro atoms. The van der Waals surface area contributed by atoms with Crippen LogP contribution in [0.15, 0.2) is 48.1 Å². The topological polar surface area (TPSA) is 52.6 Å². The first-order chi connectivity index (χ1) is 15.1. The number of nitrogens with one attached hydrogen (secondary N) is 1. The van der Waals surface area contributed by atoms with Gasteiger partial charge in [0.1, 0.15) is 0 Å². The summed E-state index contributed by atoms with van der Waals surface area (Å²) in [6.45, 7) is 5.32. The van der Waals surface area contributed by atoms with Crippen molar-refractivity contribution in [3.05, 3.63) is 59.2 Å². The maximum atomic E-state index is 12.1. The van der Waals surface area contributed by atoms with Crippen LogP contribution in [0.25, 0.3) is 0 Å². The van der Waals surface area contributed by atoms with E-state index in [2.05, 4.69) is 54.7 Å². The Kier molecular flexibility index (Phi) is 7.62. The van der Waals surface area contributed by atoms with Crippen LogP contribution in [-0.2, 0) is 11.2 Å². The van der Waals surface area contributed by atoms with Gasteiger partial charge in [0.05, 0.1) is 12.6 Å². The fourth-order valence-corrected chi connectivity index (χ4v) is 5.68. The Morgan fingerprint density at radius 1 is 1.26 bits per heavy atom. The van der Waals surface area contributed by atoms with Crippen LogP contribution in [-0.4, -0.2) is 48.2 Å². The zero-order valence-corrected chi connectivity index (χ0v) is 18.9. The van der Waals surface area contributed by atoms with E-state index in [-0.39, 0.29) is 17.9 Å². The van der Waals surface area contributed by atoms with Gasteiger partial charge in [-0.2, -0.15) is 0 Å². The van der Waals surface area contributed by atoms with Crippen LogP contribution in [0.2, 0.25) is 0 Å². The number of aliphatic hydroxyl groups is 1. The minimum Gasteiger partial charge on any atom is -0.392 e. The molecule has 4 atom stereocenters. The highest BCUT2D eigenvalue weighted by atomic mass is 16.3. The zero-order chi connectivity index (χ0) is 21.6. The molecule has 1 aromatic carbocycles. The summed E-state index contributed by atoms with van der Waals surface area (Å²) in [4.78, 5) is 14.1. The molecule has 1 saturated carbocycles. The molecule has 1 amide bonds. The van der Waals surface area contributed by atoms with Crippen molar-refractivity contribution in [3.63, 3.8) is 0 Å². The molecule has 3 aliphatic rings.